The van der Waals surface area contributed by atoms with Gasteiger partial charge in [-0.25, -0.2) is 14.4 Å². The van der Waals surface area contributed by atoms with Gasteiger partial charge in [-0.15, -0.1) is 0 Å². The summed E-state index contributed by atoms with van der Waals surface area (Å²) < 4.78 is 19.3. The number of nitrogens with zero attached hydrogens (tertiary/aromatic N) is 3. The third-order valence-electron chi connectivity index (χ3n) is 4.87. The molecule has 1 saturated heterocycles. The zero-order valence-corrected chi connectivity index (χ0v) is 17.5. The molecule has 1 N–H and O–H groups in total. The van der Waals surface area contributed by atoms with Gasteiger partial charge in [-0.3, -0.25) is 9.69 Å². The molecule has 4 rings (SSSR count). The number of anilines is 1. The lowest BCUT2D eigenvalue weighted by Crippen LogP contribution is -2.36. The van der Waals surface area contributed by atoms with Gasteiger partial charge in [0.2, 0.25) is 5.91 Å². The predicted molar refractivity (Wildman–Crippen MR) is 116 cm³/mol. The molecule has 1 aromatic heterocycles. The lowest BCUT2D eigenvalue weighted by atomic mass is 10.2. The van der Waals surface area contributed by atoms with Crippen molar-refractivity contribution in [1.29, 1.82) is 0 Å². The van der Waals surface area contributed by atoms with E-state index in [2.05, 4.69) is 10.2 Å². The maximum atomic E-state index is 13.9. The molecule has 1 fully saturated rings. The molecule has 0 bridgehead atoms. The van der Waals surface area contributed by atoms with Crippen LogP contribution in [0, 0.1) is 5.82 Å². The zero-order chi connectivity index (χ0) is 20.9. The number of ether oxygens (including phenoxy) is 1. The maximum Gasteiger partial charge on any atom is 0.237 e. The molecule has 3 aromatic rings. The number of hydrogen-bond donors (Lipinski definition) is 1. The van der Waals surface area contributed by atoms with Crippen molar-refractivity contribution in [2.45, 2.75) is 23.7 Å². The molecule has 8 heteroatoms. The number of aromatic nitrogens is 2. The molecule has 0 spiro atoms. The number of thioether (sulfide) groups is 1. The van der Waals surface area contributed by atoms with Crippen LogP contribution in [0.3, 0.4) is 0 Å². The SMILES string of the molecule is CC(Sc1nc(CN2CCOCC2)nc2ccccc12)C(=O)Nc1ccccc1F. The number of fused-ring (bicyclic) bond motifs is 1. The molecule has 2 aromatic carbocycles. The first-order valence-corrected chi connectivity index (χ1v) is 10.8. The van der Waals surface area contributed by atoms with E-state index in [0.29, 0.717) is 19.8 Å². The van der Waals surface area contributed by atoms with Crippen molar-refractivity contribution in [3.05, 3.63) is 60.2 Å². The Bertz CT molecular complexity index is 1040. The minimum absolute atomic E-state index is 0.176. The van der Waals surface area contributed by atoms with Gasteiger partial charge < -0.3 is 10.1 Å². The number of rotatable bonds is 6. The molecular formula is C22H23FN4O2S. The van der Waals surface area contributed by atoms with Gasteiger partial charge >= 0.3 is 0 Å². The fraction of sp³-hybridized carbons (Fsp3) is 0.318. The maximum absolute atomic E-state index is 13.9. The van der Waals surface area contributed by atoms with Gasteiger partial charge in [0.25, 0.3) is 0 Å². The summed E-state index contributed by atoms with van der Waals surface area (Å²) in [5.41, 5.74) is 1.02. The third kappa shape index (κ3) is 4.95. The van der Waals surface area contributed by atoms with Crippen molar-refractivity contribution in [1.82, 2.24) is 14.9 Å². The number of carbonyl (C=O) groups is 1. The lowest BCUT2D eigenvalue weighted by Gasteiger charge is -2.26. The average Bonchev–Trinajstić information content (AvgIpc) is 2.76. The number of halogens is 1. The average molecular weight is 427 g/mol. The van der Waals surface area contributed by atoms with E-state index in [1.54, 1.807) is 25.1 Å². The minimum Gasteiger partial charge on any atom is -0.379 e. The Hall–Kier alpha value is -2.55. The molecule has 1 aliphatic heterocycles. The molecule has 1 atom stereocenters. The van der Waals surface area contributed by atoms with Crippen molar-refractivity contribution >= 4 is 34.3 Å². The van der Waals surface area contributed by atoms with Crippen molar-refractivity contribution in [2.75, 3.05) is 31.6 Å². The van der Waals surface area contributed by atoms with Crippen LogP contribution in [0.4, 0.5) is 10.1 Å². The van der Waals surface area contributed by atoms with E-state index in [4.69, 9.17) is 14.7 Å². The van der Waals surface area contributed by atoms with Crippen LogP contribution >= 0.6 is 11.8 Å². The standard InChI is InChI=1S/C22H23FN4O2S/c1-15(21(28)25-19-9-5-3-7-17(19)23)30-22-16-6-2-4-8-18(16)24-20(26-22)14-27-10-12-29-13-11-27/h2-9,15H,10-14H2,1H3,(H,25,28). The summed E-state index contributed by atoms with van der Waals surface area (Å²) in [6.45, 7) is 5.54. The van der Waals surface area contributed by atoms with Crippen molar-refractivity contribution < 1.29 is 13.9 Å². The van der Waals surface area contributed by atoms with Crippen LogP contribution in [0.25, 0.3) is 10.9 Å². The molecule has 30 heavy (non-hydrogen) atoms. The van der Waals surface area contributed by atoms with Gasteiger partial charge in [-0.1, -0.05) is 42.1 Å². The predicted octanol–water partition coefficient (Wildman–Crippen LogP) is 3.72. The number of nitrogens with one attached hydrogen (secondary N) is 1. The zero-order valence-electron chi connectivity index (χ0n) is 16.7. The van der Waals surface area contributed by atoms with Crippen LogP contribution in [-0.4, -0.2) is 52.3 Å². The minimum atomic E-state index is -0.459. The van der Waals surface area contributed by atoms with E-state index < -0.39 is 11.1 Å². The van der Waals surface area contributed by atoms with Crippen molar-refractivity contribution in [3.8, 4) is 0 Å². The van der Waals surface area contributed by atoms with E-state index in [9.17, 15) is 9.18 Å². The second-order valence-electron chi connectivity index (χ2n) is 7.08. The van der Waals surface area contributed by atoms with E-state index >= 15 is 0 Å². The lowest BCUT2D eigenvalue weighted by molar-refractivity contribution is -0.115. The summed E-state index contributed by atoms with van der Waals surface area (Å²) in [6.07, 6.45) is 0. The summed E-state index contributed by atoms with van der Waals surface area (Å²) in [7, 11) is 0. The largest absolute Gasteiger partial charge is 0.379 e. The Morgan fingerprint density at radius 2 is 1.90 bits per heavy atom. The van der Waals surface area contributed by atoms with Crippen LogP contribution in [-0.2, 0) is 16.1 Å². The number of benzene rings is 2. The van der Waals surface area contributed by atoms with Crippen LogP contribution < -0.4 is 5.32 Å². The smallest absolute Gasteiger partial charge is 0.237 e. The summed E-state index contributed by atoms with van der Waals surface area (Å²) >= 11 is 1.35. The number of morpholine rings is 1. The van der Waals surface area contributed by atoms with Crippen LogP contribution in [0.5, 0.6) is 0 Å². The van der Waals surface area contributed by atoms with Gasteiger partial charge in [-0.05, 0) is 25.1 Å². The van der Waals surface area contributed by atoms with E-state index in [1.165, 1.54) is 17.8 Å². The van der Waals surface area contributed by atoms with Crippen molar-refractivity contribution in [2.24, 2.45) is 0 Å². The Morgan fingerprint density at radius 1 is 1.17 bits per heavy atom. The fourth-order valence-electron chi connectivity index (χ4n) is 3.23. The Kier molecular flexibility index (Phi) is 6.56. The molecule has 6 nitrogen and oxygen atoms in total. The molecule has 1 aliphatic rings. The van der Waals surface area contributed by atoms with E-state index in [0.717, 1.165) is 34.8 Å². The molecule has 0 saturated carbocycles. The summed E-state index contributed by atoms with van der Waals surface area (Å²) in [5.74, 6) is -0.00864. The Labute approximate surface area is 178 Å². The van der Waals surface area contributed by atoms with Crippen molar-refractivity contribution in [3.63, 3.8) is 0 Å². The Balaban J connectivity index is 1.54. The molecule has 0 aliphatic carbocycles. The Morgan fingerprint density at radius 3 is 2.70 bits per heavy atom. The second kappa shape index (κ2) is 9.51. The molecular weight excluding hydrogens is 403 g/mol. The first-order valence-electron chi connectivity index (χ1n) is 9.88. The first-order chi connectivity index (χ1) is 14.6. The van der Waals surface area contributed by atoms with Gasteiger partial charge in [0, 0.05) is 18.5 Å². The third-order valence-corrected chi connectivity index (χ3v) is 5.97. The molecule has 156 valence electrons. The van der Waals surface area contributed by atoms with Crippen LogP contribution in [0.2, 0.25) is 0 Å². The first kappa shape index (κ1) is 20.7. The quantitative estimate of drug-likeness (QED) is 0.479. The number of carbonyl (C=O) groups excluding carboxylic acids is 1. The normalized spacial score (nSPS) is 15.8. The van der Waals surface area contributed by atoms with Crippen LogP contribution in [0.1, 0.15) is 12.7 Å². The number of hydrogen-bond acceptors (Lipinski definition) is 6. The second-order valence-corrected chi connectivity index (χ2v) is 8.41. The summed E-state index contributed by atoms with van der Waals surface area (Å²) in [4.78, 5) is 24.4. The van der Waals surface area contributed by atoms with Gasteiger partial charge in [0.15, 0.2) is 0 Å². The summed E-state index contributed by atoms with van der Waals surface area (Å²) in [6, 6.07) is 13.9. The van der Waals surface area contributed by atoms with Gasteiger partial charge in [0.05, 0.1) is 36.2 Å². The van der Waals surface area contributed by atoms with Gasteiger partial charge in [-0.2, -0.15) is 0 Å². The molecule has 0 radical (unpaired) electrons. The van der Waals surface area contributed by atoms with Crippen LogP contribution in [0.15, 0.2) is 53.6 Å². The van der Waals surface area contributed by atoms with E-state index in [1.807, 2.05) is 24.3 Å². The number of para-hydroxylation sites is 2. The topological polar surface area (TPSA) is 67.3 Å². The molecule has 2 heterocycles. The summed E-state index contributed by atoms with van der Waals surface area (Å²) in [5, 5.41) is 3.85. The fourth-order valence-corrected chi connectivity index (χ4v) is 4.19. The van der Waals surface area contributed by atoms with Gasteiger partial charge in [0.1, 0.15) is 16.7 Å². The highest BCUT2D eigenvalue weighted by Gasteiger charge is 2.20. The monoisotopic (exact) mass is 426 g/mol. The molecule has 1 amide bonds. The number of amides is 1. The highest BCUT2D eigenvalue weighted by molar-refractivity contribution is 8.00. The molecule has 1 unspecified atom stereocenters. The highest BCUT2D eigenvalue weighted by Crippen LogP contribution is 2.29. The van der Waals surface area contributed by atoms with E-state index in [-0.39, 0.29) is 11.6 Å². The highest BCUT2D eigenvalue weighted by atomic mass is 32.2.